The molecule has 0 unspecified atom stereocenters. The maximum atomic E-state index is 12.7. The number of rotatable bonds is 5. The first kappa shape index (κ1) is 21.0. The summed E-state index contributed by atoms with van der Waals surface area (Å²) in [5.41, 5.74) is 3.06. The summed E-state index contributed by atoms with van der Waals surface area (Å²) in [6.45, 7) is 8.21. The Labute approximate surface area is 174 Å². The number of anilines is 2. The minimum absolute atomic E-state index is 0.0360. The average Bonchev–Trinajstić information content (AvgIpc) is 3.13. The van der Waals surface area contributed by atoms with E-state index in [9.17, 15) is 14.4 Å². The summed E-state index contributed by atoms with van der Waals surface area (Å²) in [5, 5.41) is 6.35. The van der Waals surface area contributed by atoms with E-state index in [4.69, 9.17) is 0 Å². The van der Waals surface area contributed by atoms with Gasteiger partial charge in [-0.2, -0.15) is 0 Å². The van der Waals surface area contributed by atoms with E-state index in [0.29, 0.717) is 42.6 Å². The smallest absolute Gasteiger partial charge is 0.264 e. The van der Waals surface area contributed by atoms with E-state index in [1.807, 2.05) is 32.0 Å². The molecule has 7 nitrogen and oxygen atoms in total. The number of hydrogen-bond acceptors (Lipinski definition) is 5. The largest absolute Gasteiger partial charge is 0.335 e. The molecule has 1 saturated heterocycles. The Kier molecular flexibility index (Phi) is 6.66. The van der Waals surface area contributed by atoms with Crippen LogP contribution in [0.3, 0.4) is 0 Å². The highest BCUT2D eigenvalue weighted by Gasteiger charge is 2.24. The third-order valence-corrected chi connectivity index (χ3v) is 6.01. The molecule has 1 aromatic carbocycles. The van der Waals surface area contributed by atoms with Crippen molar-refractivity contribution in [2.45, 2.75) is 20.8 Å². The molecule has 2 N–H and O–H groups in total. The van der Waals surface area contributed by atoms with Crippen LogP contribution in [-0.2, 0) is 9.59 Å². The number of nitrogens with one attached hydrogen (secondary N) is 2. The van der Waals surface area contributed by atoms with Gasteiger partial charge in [-0.1, -0.05) is 12.1 Å². The number of thiophene rings is 1. The predicted octanol–water partition coefficient (Wildman–Crippen LogP) is 2.72. The summed E-state index contributed by atoms with van der Waals surface area (Å²) >= 11 is 1.28. The van der Waals surface area contributed by atoms with Gasteiger partial charge in [-0.15, -0.1) is 11.3 Å². The van der Waals surface area contributed by atoms with E-state index < -0.39 is 0 Å². The summed E-state index contributed by atoms with van der Waals surface area (Å²) in [4.78, 5) is 40.7. The van der Waals surface area contributed by atoms with Gasteiger partial charge in [0.05, 0.1) is 16.4 Å². The molecule has 1 aliphatic rings. The molecule has 0 saturated carbocycles. The van der Waals surface area contributed by atoms with E-state index >= 15 is 0 Å². The monoisotopic (exact) mass is 414 g/mol. The van der Waals surface area contributed by atoms with Crippen molar-refractivity contribution in [3.05, 3.63) is 46.3 Å². The molecular weight excluding hydrogens is 388 g/mol. The minimum atomic E-state index is -0.154. The van der Waals surface area contributed by atoms with Gasteiger partial charge >= 0.3 is 0 Å². The average molecular weight is 415 g/mol. The van der Waals surface area contributed by atoms with Gasteiger partial charge in [0.1, 0.15) is 0 Å². The lowest BCUT2D eigenvalue weighted by molar-refractivity contribution is -0.117. The van der Waals surface area contributed by atoms with Gasteiger partial charge in [-0.25, -0.2) is 0 Å². The van der Waals surface area contributed by atoms with E-state index in [-0.39, 0.29) is 17.7 Å². The zero-order valence-corrected chi connectivity index (χ0v) is 17.8. The van der Waals surface area contributed by atoms with Crippen molar-refractivity contribution in [3.63, 3.8) is 0 Å². The Hall–Kier alpha value is -2.71. The summed E-state index contributed by atoms with van der Waals surface area (Å²) in [5.74, 6) is -0.235. The molecular formula is C21H26N4O3S. The number of carbonyl (C=O) groups excluding carboxylic acids is 3. The highest BCUT2D eigenvalue weighted by Crippen LogP contribution is 2.24. The Bertz CT molecular complexity index is 916. The zero-order valence-electron chi connectivity index (χ0n) is 16.9. The molecule has 0 bridgehead atoms. The number of hydrogen-bond donors (Lipinski definition) is 2. The Balaban J connectivity index is 1.49. The van der Waals surface area contributed by atoms with E-state index in [1.165, 1.54) is 18.3 Å². The molecule has 0 atom stereocenters. The van der Waals surface area contributed by atoms with Crippen LogP contribution in [0.2, 0.25) is 0 Å². The van der Waals surface area contributed by atoms with Gasteiger partial charge in [0.25, 0.3) is 5.91 Å². The minimum Gasteiger partial charge on any atom is -0.335 e. The van der Waals surface area contributed by atoms with Crippen LogP contribution in [0.15, 0.2) is 30.3 Å². The third-order valence-electron chi connectivity index (χ3n) is 5.02. The molecule has 2 heterocycles. The second-order valence-electron chi connectivity index (χ2n) is 7.21. The maximum absolute atomic E-state index is 12.7. The molecule has 2 aromatic rings. The first-order valence-electron chi connectivity index (χ1n) is 9.58. The SMILES string of the molecule is CC(=O)Nc1ccc(C(=O)N2CCN(CC(=O)Nc3cccc(C)c3C)CC2)s1. The van der Waals surface area contributed by atoms with Gasteiger partial charge in [-0.3, -0.25) is 19.3 Å². The number of nitrogens with zero attached hydrogens (tertiary/aromatic N) is 2. The van der Waals surface area contributed by atoms with Crippen molar-refractivity contribution in [1.29, 1.82) is 0 Å². The first-order chi connectivity index (χ1) is 13.8. The van der Waals surface area contributed by atoms with Gasteiger partial charge in [0.15, 0.2) is 0 Å². The van der Waals surface area contributed by atoms with E-state index in [1.54, 1.807) is 17.0 Å². The van der Waals surface area contributed by atoms with Crippen LogP contribution in [0.25, 0.3) is 0 Å². The molecule has 0 radical (unpaired) electrons. The fourth-order valence-corrected chi connectivity index (χ4v) is 4.16. The molecule has 29 heavy (non-hydrogen) atoms. The van der Waals surface area contributed by atoms with Gasteiger partial charge in [0, 0.05) is 38.8 Å². The fraction of sp³-hybridized carbons (Fsp3) is 0.381. The van der Waals surface area contributed by atoms with Crippen molar-refractivity contribution < 1.29 is 14.4 Å². The number of carbonyl (C=O) groups is 3. The van der Waals surface area contributed by atoms with E-state index in [0.717, 1.165) is 16.8 Å². The van der Waals surface area contributed by atoms with Crippen LogP contribution in [0.1, 0.15) is 27.7 Å². The van der Waals surface area contributed by atoms with Crippen molar-refractivity contribution >= 4 is 39.7 Å². The van der Waals surface area contributed by atoms with Crippen LogP contribution in [-0.4, -0.2) is 60.2 Å². The number of piperazine rings is 1. The zero-order chi connectivity index (χ0) is 21.0. The van der Waals surface area contributed by atoms with Crippen LogP contribution < -0.4 is 10.6 Å². The molecule has 0 spiro atoms. The normalized spacial score (nSPS) is 14.5. The molecule has 1 aromatic heterocycles. The van der Waals surface area contributed by atoms with Crippen molar-refractivity contribution in [2.75, 3.05) is 43.4 Å². The van der Waals surface area contributed by atoms with Gasteiger partial charge in [-0.05, 0) is 43.2 Å². The standard InChI is InChI=1S/C21H26N4O3S/c1-14-5-4-6-17(15(14)2)23-19(27)13-24-9-11-25(12-10-24)21(28)18-7-8-20(29-18)22-16(3)26/h4-8H,9-13H2,1-3H3,(H,22,26)(H,23,27). The van der Waals surface area contributed by atoms with Crippen molar-refractivity contribution in [3.8, 4) is 0 Å². The fourth-order valence-electron chi connectivity index (χ4n) is 3.24. The number of benzene rings is 1. The third kappa shape index (κ3) is 5.42. The highest BCUT2D eigenvalue weighted by molar-refractivity contribution is 7.18. The summed E-state index contributed by atoms with van der Waals surface area (Å²) in [6, 6.07) is 9.35. The lowest BCUT2D eigenvalue weighted by Gasteiger charge is -2.34. The quantitative estimate of drug-likeness (QED) is 0.788. The van der Waals surface area contributed by atoms with Crippen molar-refractivity contribution in [1.82, 2.24) is 9.80 Å². The summed E-state index contributed by atoms with van der Waals surface area (Å²) < 4.78 is 0. The van der Waals surface area contributed by atoms with Crippen LogP contribution in [0, 0.1) is 13.8 Å². The predicted molar refractivity (Wildman–Crippen MR) is 116 cm³/mol. The number of amides is 3. The van der Waals surface area contributed by atoms with Gasteiger partial charge in [0.2, 0.25) is 11.8 Å². The van der Waals surface area contributed by atoms with Crippen LogP contribution >= 0.6 is 11.3 Å². The molecule has 1 fully saturated rings. The summed E-state index contributed by atoms with van der Waals surface area (Å²) in [7, 11) is 0. The topological polar surface area (TPSA) is 81.8 Å². The first-order valence-corrected chi connectivity index (χ1v) is 10.4. The molecule has 1 aliphatic heterocycles. The highest BCUT2D eigenvalue weighted by atomic mass is 32.1. The summed E-state index contributed by atoms with van der Waals surface area (Å²) in [6.07, 6.45) is 0. The molecule has 8 heteroatoms. The maximum Gasteiger partial charge on any atom is 0.264 e. The lowest BCUT2D eigenvalue weighted by atomic mass is 10.1. The second kappa shape index (κ2) is 9.19. The van der Waals surface area contributed by atoms with Crippen molar-refractivity contribution in [2.24, 2.45) is 0 Å². The second-order valence-corrected chi connectivity index (χ2v) is 8.29. The van der Waals surface area contributed by atoms with E-state index in [2.05, 4.69) is 15.5 Å². The molecule has 3 amide bonds. The Morgan fingerprint density at radius 2 is 1.72 bits per heavy atom. The molecule has 0 aliphatic carbocycles. The Morgan fingerprint density at radius 1 is 1.00 bits per heavy atom. The lowest BCUT2D eigenvalue weighted by Crippen LogP contribution is -2.50. The molecule has 154 valence electrons. The Morgan fingerprint density at radius 3 is 2.41 bits per heavy atom. The van der Waals surface area contributed by atoms with Crippen LogP contribution in [0.4, 0.5) is 10.7 Å². The number of aryl methyl sites for hydroxylation is 1. The van der Waals surface area contributed by atoms with Gasteiger partial charge < -0.3 is 15.5 Å². The molecule has 3 rings (SSSR count). The van der Waals surface area contributed by atoms with Crippen LogP contribution in [0.5, 0.6) is 0 Å².